The van der Waals surface area contributed by atoms with Crippen LogP contribution >= 0.6 is 0 Å². The molecule has 0 bridgehead atoms. The number of hydrogen-bond acceptors (Lipinski definition) is 0. The van der Waals surface area contributed by atoms with Crippen LogP contribution in [0.5, 0.6) is 0 Å². The first-order valence-electron chi connectivity index (χ1n) is 17.0. The summed E-state index contributed by atoms with van der Waals surface area (Å²) < 4.78 is 5.09. The Bertz CT molecular complexity index is 763. The van der Waals surface area contributed by atoms with Crippen molar-refractivity contribution >= 4 is 0 Å². The van der Waals surface area contributed by atoms with Crippen molar-refractivity contribution in [1.82, 2.24) is 4.57 Å². The van der Waals surface area contributed by atoms with Gasteiger partial charge in [-0.25, -0.2) is 9.13 Å². The number of hydrogen-bond donors (Lipinski definition) is 0. The van der Waals surface area contributed by atoms with Gasteiger partial charge in [0.2, 0.25) is 0 Å². The van der Waals surface area contributed by atoms with Crippen LogP contribution in [-0.4, -0.2) is 4.57 Å². The topological polar surface area (TPSA) is 8.81 Å². The van der Waals surface area contributed by atoms with Crippen molar-refractivity contribution in [2.75, 3.05) is 0 Å². The van der Waals surface area contributed by atoms with Gasteiger partial charge in [-0.2, -0.15) is 0 Å². The Morgan fingerprint density at radius 3 is 1.47 bits per heavy atom. The maximum absolute atomic E-state index is 2.57. The van der Waals surface area contributed by atoms with Gasteiger partial charge in [0, 0.05) is 6.42 Å². The van der Waals surface area contributed by atoms with E-state index < -0.39 is 0 Å². The Kier molecular flexibility index (Phi) is 20.0. The lowest BCUT2D eigenvalue weighted by molar-refractivity contribution is -0.695. The molecule has 1 aromatic carbocycles. The number of unbranched alkanes of at least 4 members (excludes halogenated alkanes) is 20. The average Bonchev–Trinajstić information content (AvgIpc) is 3.31. The van der Waals surface area contributed by atoms with E-state index in [1.54, 1.807) is 0 Å². The first-order chi connectivity index (χ1) is 18.8. The zero-order valence-corrected chi connectivity index (χ0v) is 25.6. The van der Waals surface area contributed by atoms with Gasteiger partial charge in [-0.1, -0.05) is 166 Å². The number of benzene rings is 1. The van der Waals surface area contributed by atoms with Gasteiger partial charge in [-0.3, -0.25) is 0 Å². The Hall–Kier alpha value is -1.57. The molecule has 0 aliphatic heterocycles. The van der Waals surface area contributed by atoms with Crippen LogP contribution < -0.4 is 4.57 Å². The molecule has 2 heteroatoms. The predicted molar refractivity (Wildman–Crippen MR) is 167 cm³/mol. The summed E-state index contributed by atoms with van der Waals surface area (Å²) in [5, 5.41) is 0. The summed E-state index contributed by atoms with van der Waals surface area (Å²) in [5.74, 6) is 1.54. The summed E-state index contributed by atoms with van der Waals surface area (Å²) in [6.45, 7) is 6.79. The second-order valence-corrected chi connectivity index (χ2v) is 11.8. The van der Waals surface area contributed by atoms with Crippen LogP contribution in [0.1, 0.15) is 166 Å². The molecule has 0 radical (unpaired) electrons. The molecule has 38 heavy (non-hydrogen) atoms. The fourth-order valence-electron chi connectivity index (χ4n) is 5.81. The minimum absolute atomic E-state index is 0.999. The standard InChI is InChI=1S/C36H63N2/c1-3-5-7-9-11-13-14-15-16-17-18-19-21-26-30-36-37(31-27-22-20-12-10-8-6-4-2)32-33-38(36)34-35-28-24-23-25-29-35/h23-25,28-29,32-33H,3-22,26-27,30-31,34H2,1-2H3/q+1. The van der Waals surface area contributed by atoms with Crippen LogP contribution in [0.4, 0.5) is 0 Å². The smallest absolute Gasteiger partial charge is 0.234 e. The molecule has 0 unspecified atom stereocenters. The molecule has 0 N–H and O–H groups in total. The molecule has 0 amide bonds. The lowest BCUT2D eigenvalue weighted by atomic mass is 10.0. The van der Waals surface area contributed by atoms with E-state index in [0.717, 1.165) is 6.54 Å². The molecule has 0 atom stereocenters. The number of imidazole rings is 1. The molecule has 0 aliphatic carbocycles. The fourth-order valence-corrected chi connectivity index (χ4v) is 5.81. The van der Waals surface area contributed by atoms with Crippen molar-refractivity contribution in [3.8, 4) is 0 Å². The highest BCUT2D eigenvalue weighted by Gasteiger charge is 2.17. The first kappa shape index (κ1) is 32.6. The van der Waals surface area contributed by atoms with Gasteiger partial charge in [-0.05, 0) is 24.8 Å². The molecule has 1 heterocycles. The minimum Gasteiger partial charge on any atom is -0.234 e. The van der Waals surface area contributed by atoms with E-state index in [2.05, 4.69) is 65.7 Å². The molecule has 1 aromatic heterocycles. The van der Waals surface area contributed by atoms with E-state index in [9.17, 15) is 0 Å². The van der Waals surface area contributed by atoms with Crippen molar-refractivity contribution in [1.29, 1.82) is 0 Å². The molecule has 0 saturated carbocycles. The third kappa shape index (κ3) is 15.7. The lowest BCUT2D eigenvalue weighted by Crippen LogP contribution is -2.37. The molecular formula is C36H63N2+. The summed E-state index contributed by atoms with van der Waals surface area (Å²) in [4.78, 5) is 0. The van der Waals surface area contributed by atoms with E-state index in [4.69, 9.17) is 0 Å². The van der Waals surface area contributed by atoms with Crippen molar-refractivity contribution in [3.63, 3.8) is 0 Å². The van der Waals surface area contributed by atoms with E-state index in [-0.39, 0.29) is 0 Å². The Labute approximate surface area is 237 Å². The molecule has 0 spiro atoms. The zero-order valence-electron chi connectivity index (χ0n) is 25.6. The SMILES string of the molecule is CCCCCCCCCCCCCCCCc1n(CCCCCCCCCC)cc[n+]1Cc1ccccc1. The largest absolute Gasteiger partial charge is 0.256 e. The van der Waals surface area contributed by atoms with Gasteiger partial charge < -0.3 is 0 Å². The maximum atomic E-state index is 2.57. The van der Waals surface area contributed by atoms with Gasteiger partial charge in [0.15, 0.2) is 0 Å². The van der Waals surface area contributed by atoms with Crippen LogP contribution in [0.25, 0.3) is 0 Å². The molecule has 0 fully saturated rings. The predicted octanol–water partition coefficient (Wildman–Crippen LogP) is 11.0. The van der Waals surface area contributed by atoms with E-state index in [1.807, 2.05) is 0 Å². The van der Waals surface area contributed by atoms with Gasteiger partial charge in [0.05, 0.1) is 6.54 Å². The van der Waals surface area contributed by atoms with Crippen LogP contribution in [0, 0.1) is 0 Å². The highest BCUT2D eigenvalue weighted by Crippen LogP contribution is 2.15. The molecule has 0 saturated heterocycles. The molecule has 0 aliphatic rings. The second kappa shape index (κ2) is 23.3. The summed E-state index contributed by atoms with van der Waals surface area (Å²) in [5.41, 5.74) is 1.41. The summed E-state index contributed by atoms with van der Waals surface area (Å²) in [6, 6.07) is 11.0. The normalized spacial score (nSPS) is 11.4. The van der Waals surface area contributed by atoms with Crippen molar-refractivity contribution in [3.05, 3.63) is 54.1 Å². The van der Waals surface area contributed by atoms with Gasteiger partial charge in [0.1, 0.15) is 18.9 Å². The van der Waals surface area contributed by atoms with Gasteiger partial charge in [0.25, 0.3) is 5.82 Å². The second-order valence-electron chi connectivity index (χ2n) is 11.8. The maximum Gasteiger partial charge on any atom is 0.256 e. The van der Waals surface area contributed by atoms with Crippen LogP contribution in [0.15, 0.2) is 42.7 Å². The van der Waals surface area contributed by atoms with Crippen LogP contribution in [-0.2, 0) is 19.5 Å². The molecule has 2 rings (SSSR count). The molecular weight excluding hydrogens is 460 g/mol. The molecule has 2 nitrogen and oxygen atoms in total. The first-order valence-corrected chi connectivity index (χ1v) is 17.0. The zero-order chi connectivity index (χ0) is 26.9. The third-order valence-electron chi connectivity index (χ3n) is 8.29. The van der Waals surface area contributed by atoms with Crippen LogP contribution in [0.2, 0.25) is 0 Å². The quantitative estimate of drug-likeness (QED) is 0.0856. The Morgan fingerprint density at radius 2 is 0.974 bits per heavy atom. The highest BCUT2D eigenvalue weighted by atomic mass is 15.1. The van der Waals surface area contributed by atoms with Crippen molar-refractivity contribution in [2.24, 2.45) is 0 Å². The van der Waals surface area contributed by atoms with Gasteiger partial charge in [-0.15, -0.1) is 0 Å². The number of nitrogens with zero attached hydrogens (tertiary/aromatic N) is 2. The highest BCUT2D eigenvalue weighted by molar-refractivity contribution is 5.13. The van der Waals surface area contributed by atoms with Gasteiger partial charge >= 0.3 is 0 Å². The Balaban J connectivity index is 1.64. The average molecular weight is 524 g/mol. The number of aryl methyl sites for hydroxylation is 1. The van der Waals surface area contributed by atoms with E-state index >= 15 is 0 Å². The number of aromatic nitrogens is 2. The van der Waals surface area contributed by atoms with Crippen LogP contribution in [0.3, 0.4) is 0 Å². The minimum atomic E-state index is 0.999. The monoisotopic (exact) mass is 523 g/mol. The summed E-state index contributed by atoms with van der Waals surface area (Å²) >= 11 is 0. The number of rotatable bonds is 26. The summed E-state index contributed by atoms with van der Waals surface area (Å²) in [6.07, 6.45) is 37.0. The molecule has 216 valence electrons. The van der Waals surface area contributed by atoms with Crippen molar-refractivity contribution < 1.29 is 4.57 Å². The summed E-state index contributed by atoms with van der Waals surface area (Å²) in [7, 11) is 0. The van der Waals surface area contributed by atoms with E-state index in [1.165, 1.54) is 166 Å². The van der Waals surface area contributed by atoms with Crippen molar-refractivity contribution in [2.45, 2.75) is 175 Å². The molecule has 2 aromatic rings. The lowest BCUT2D eigenvalue weighted by Gasteiger charge is -2.07. The van der Waals surface area contributed by atoms with E-state index in [0.29, 0.717) is 0 Å². The fraction of sp³-hybridized carbons (Fsp3) is 0.750. The Morgan fingerprint density at radius 1 is 0.526 bits per heavy atom. The third-order valence-corrected chi connectivity index (χ3v) is 8.29.